The first-order valence-corrected chi connectivity index (χ1v) is 7.66. The van der Waals surface area contributed by atoms with E-state index in [1.54, 1.807) is 24.3 Å². The zero-order valence-electron chi connectivity index (χ0n) is 12.9. The molecule has 22 heavy (non-hydrogen) atoms. The van der Waals surface area contributed by atoms with Crippen molar-refractivity contribution < 1.29 is 4.79 Å². The van der Waals surface area contributed by atoms with E-state index in [0.29, 0.717) is 17.1 Å². The second-order valence-corrected chi connectivity index (χ2v) is 5.94. The maximum absolute atomic E-state index is 12.7. The largest absolute Gasteiger partial charge is 0.332 e. The highest BCUT2D eigenvalue weighted by Gasteiger charge is 2.19. The molecule has 2 nitrogen and oxygen atoms in total. The van der Waals surface area contributed by atoms with E-state index in [2.05, 4.69) is 6.58 Å². The monoisotopic (exact) mass is 313 g/mol. The molecule has 114 valence electrons. The van der Waals surface area contributed by atoms with Crippen LogP contribution < -0.4 is 0 Å². The fourth-order valence-electron chi connectivity index (χ4n) is 2.22. The lowest BCUT2D eigenvalue weighted by Gasteiger charge is -2.28. The van der Waals surface area contributed by atoms with Gasteiger partial charge in [0.2, 0.25) is 0 Å². The summed E-state index contributed by atoms with van der Waals surface area (Å²) in [5.41, 5.74) is 2.62. The Hall–Kier alpha value is -2.06. The first-order valence-electron chi connectivity index (χ1n) is 7.28. The van der Waals surface area contributed by atoms with E-state index in [1.807, 2.05) is 49.1 Å². The van der Waals surface area contributed by atoms with Gasteiger partial charge in [-0.1, -0.05) is 48.5 Å². The van der Waals surface area contributed by atoms with Gasteiger partial charge in [0.1, 0.15) is 0 Å². The summed E-state index contributed by atoms with van der Waals surface area (Å²) >= 11 is 5.88. The first-order chi connectivity index (χ1) is 10.5. The molecule has 0 saturated heterocycles. The number of carbonyl (C=O) groups excluding carboxylic acids is 1. The van der Waals surface area contributed by atoms with Crippen molar-refractivity contribution in [3.05, 3.63) is 77.3 Å². The third-order valence-electron chi connectivity index (χ3n) is 3.52. The maximum atomic E-state index is 12.7. The molecule has 0 radical (unpaired) electrons. The lowest BCUT2D eigenvalue weighted by atomic mass is 10.1. The molecule has 0 heterocycles. The van der Waals surface area contributed by atoms with Crippen LogP contribution >= 0.6 is 11.6 Å². The molecule has 0 saturated carbocycles. The van der Waals surface area contributed by atoms with E-state index >= 15 is 0 Å². The zero-order valence-corrected chi connectivity index (χ0v) is 13.7. The van der Waals surface area contributed by atoms with Gasteiger partial charge in [-0.3, -0.25) is 4.79 Å². The highest BCUT2D eigenvalue weighted by Crippen LogP contribution is 2.18. The Morgan fingerprint density at radius 1 is 1.05 bits per heavy atom. The second-order valence-electron chi connectivity index (χ2n) is 5.50. The van der Waals surface area contributed by atoms with Crippen LogP contribution in [-0.2, 0) is 0 Å². The van der Waals surface area contributed by atoms with Gasteiger partial charge in [0.15, 0.2) is 0 Å². The lowest BCUT2D eigenvalue weighted by molar-refractivity contribution is 0.0732. The number of rotatable bonds is 5. The molecule has 0 aliphatic rings. The van der Waals surface area contributed by atoms with Crippen LogP contribution in [-0.4, -0.2) is 23.4 Å². The van der Waals surface area contributed by atoms with Crippen molar-refractivity contribution in [2.24, 2.45) is 0 Å². The minimum absolute atomic E-state index is 0.0104. The number of nitrogens with zero attached hydrogens (tertiary/aromatic N) is 1. The molecular weight excluding hydrogens is 294 g/mol. The van der Waals surface area contributed by atoms with Crippen LogP contribution in [0, 0.1) is 0 Å². The quantitative estimate of drug-likeness (QED) is 0.768. The number of hydrogen-bond acceptors (Lipinski definition) is 1. The Labute approximate surface area is 137 Å². The minimum atomic E-state index is -0.0104. The fraction of sp³-hybridized carbons (Fsp3) is 0.211. The van der Waals surface area contributed by atoms with Gasteiger partial charge in [-0.15, -0.1) is 0 Å². The Morgan fingerprint density at radius 2 is 1.64 bits per heavy atom. The lowest BCUT2D eigenvalue weighted by Crippen LogP contribution is -2.38. The fourth-order valence-corrected chi connectivity index (χ4v) is 2.34. The predicted octanol–water partition coefficient (Wildman–Crippen LogP) is 4.90. The van der Waals surface area contributed by atoms with E-state index in [0.717, 1.165) is 11.1 Å². The van der Waals surface area contributed by atoms with E-state index in [-0.39, 0.29) is 11.9 Å². The van der Waals surface area contributed by atoms with E-state index in [4.69, 9.17) is 11.6 Å². The molecule has 0 atom stereocenters. The summed E-state index contributed by atoms with van der Waals surface area (Å²) in [7, 11) is 0. The standard InChI is InChI=1S/C19H20ClNO/c1-14(2)21(13-15(3)16-7-5-4-6-8-16)19(22)17-9-11-18(20)12-10-17/h4-12,14H,3,13H2,1-2H3. The second kappa shape index (κ2) is 7.28. The summed E-state index contributed by atoms with van der Waals surface area (Å²) in [6.07, 6.45) is 0. The summed E-state index contributed by atoms with van der Waals surface area (Å²) in [4.78, 5) is 14.5. The third kappa shape index (κ3) is 3.99. The molecule has 0 bridgehead atoms. The Kier molecular flexibility index (Phi) is 5.40. The van der Waals surface area contributed by atoms with Gasteiger partial charge < -0.3 is 4.90 Å². The molecule has 2 aromatic carbocycles. The molecule has 2 aromatic rings. The normalized spacial score (nSPS) is 10.5. The van der Waals surface area contributed by atoms with Crippen LogP contribution in [0.25, 0.3) is 5.57 Å². The molecule has 1 amide bonds. The molecule has 3 heteroatoms. The van der Waals surface area contributed by atoms with Gasteiger partial charge in [-0.2, -0.15) is 0 Å². The maximum Gasteiger partial charge on any atom is 0.254 e. The first kappa shape index (κ1) is 16.3. The van der Waals surface area contributed by atoms with Crippen LogP contribution in [0.2, 0.25) is 5.02 Å². The van der Waals surface area contributed by atoms with Gasteiger partial charge in [-0.25, -0.2) is 0 Å². The Morgan fingerprint density at radius 3 is 2.18 bits per heavy atom. The van der Waals surface area contributed by atoms with E-state index in [1.165, 1.54) is 0 Å². The third-order valence-corrected chi connectivity index (χ3v) is 3.77. The number of amides is 1. The highest BCUT2D eigenvalue weighted by molar-refractivity contribution is 6.30. The van der Waals surface area contributed by atoms with Gasteiger partial charge in [-0.05, 0) is 49.2 Å². The van der Waals surface area contributed by atoms with Crippen LogP contribution in [0.5, 0.6) is 0 Å². The highest BCUT2D eigenvalue weighted by atomic mass is 35.5. The SMILES string of the molecule is C=C(CN(C(=O)c1ccc(Cl)cc1)C(C)C)c1ccccc1. The van der Waals surface area contributed by atoms with Crippen LogP contribution in [0.3, 0.4) is 0 Å². The summed E-state index contributed by atoms with van der Waals surface area (Å²) < 4.78 is 0. The number of hydrogen-bond donors (Lipinski definition) is 0. The van der Waals surface area contributed by atoms with Crippen molar-refractivity contribution in [1.29, 1.82) is 0 Å². The number of halogens is 1. The molecule has 0 N–H and O–H groups in total. The van der Waals surface area contributed by atoms with Gasteiger partial charge >= 0.3 is 0 Å². The molecule has 0 aliphatic heterocycles. The average Bonchev–Trinajstić information content (AvgIpc) is 2.53. The summed E-state index contributed by atoms with van der Waals surface area (Å²) in [5, 5.41) is 0.626. The van der Waals surface area contributed by atoms with Gasteiger partial charge in [0.05, 0.1) is 0 Å². The van der Waals surface area contributed by atoms with Crippen LogP contribution in [0.4, 0.5) is 0 Å². The molecular formula is C19H20ClNO. The van der Waals surface area contributed by atoms with Crippen molar-refractivity contribution in [3.8, 4) is 0 Å². The van der Waals surface area contributed by atoms with Gasteiger partial charge in [0.25, 0.3) is 5.91 Å². The summed E-state index contributed by atoms with van der Waals surface area (Å²) in [5.74, 6) is -0.0104. The van der Waals surface area contributed by atoms with Crippen LogP contribution in [0.1, 0.15) is 29.8 Å². The molecule has 0 aliphatic carbocycles. The van der Waals surface area contributed by atoms with Crippen molar-refractivity contribution in [2.45, 2.75) is 19.9 Å². The Bertz CT molecular complexity index is 647. The smallest absolute Gasteiger partial charge is 0.254 e. The van der Waals surface area contributed by atoms with E-state index < -0.39 is 0 Å². The predicted molar refractivity (Wildman–Crippen MR) is 93.1 cm³/mol. The molecule has 0 spiro atoms. The molecule has 2 rings (SSSR count). The molecule has 0 fully saturated rings. The molecule has 0 unspecified atom stereocenters. The molecule has 0 aromatic heterocycles. The van der Waals surface area contributed by atoms with Crippen molar-refractivity contribution >= 4 is 23.1 Å². The number of carbonyl (C=O) groups is 1. The van der Waals surface area contributed by atoms with Crippen molar-refractivity contribution in [3.63, 3.8) is 0 Å². The average molecular weight is 314 g/mol. The minimum Gasteiger partial charge on any atom is -0.332 e. The van der Waals surface area contributed by atoms with E-state index in [9.17, 15) is 4.79 Å². The summed E-state index contributed by atoms with van der Waals surface area (Å²) in [6, 6.07) is 17.0. The topological polar surface area (TPSA) is 20.3 Å². The summed E-state index contributed by atoms with van der Waals surface area (Å²) in [6.45, 7) is 8.64. The van der Waals surface area contributed by atoms with Crippen molar-refractivity contribution in [2.75, 3.05) is 6.54 Å². The van der Waals surface area contributed by atoms with Crippen molar-refractivity contribution in [1.82, 2.24) is 4.90 Å². The van der Waals surface area contributed by atoms with Crippen LogP contribution in [0.15, 0.2) is 61.2 Å². The Balaban J connectivity index is 2.18. The van der Waals surface area contributed by atoms with Gasteiger partial charge in [0, 0.05) is 23.2 Å². The number of benzene rings is 2. The zero-order chi connectivity index (χ0) is 16.1.